The molecule has 1 saturated carbocycles. The lowest BCUT2D eigenvalue weighted by atomic mass is 9.95. The quantitative estimate of drug-likeness (QED) is 0.307. The Morgan fingerprint density at radius 3 is 2.13 bits per heavy atom. The zero-order valence-corrected chi connectivity index (χ0v) is 16.6. The van der Waals surface area contributed by atoms with Crippen LogP contribution in [0, 0.1) is 0 Å². The van der Waals surface area contributed by atoms with Crippen LogP contribution in [0.15, 0.2) is 66.8 Å². The minimum atomic E-state index is -4.40. The number of carbonyl (C=O) groups excluding carboxylic acids is 1. The maximum absolute atomic E-state index is 12.9. The molecule has 3 nitrogen and oxygen atoms in total. The highest BCUT2D eigenvalue weighted by atomic mass is 19.4. The first-order chi connectivity index (χ1) is 14.4. The number of carbonyl (C=O) groups is 1. The molecule has 0 saturated heterocycles. The van der Waals surface area contributed by atoms with Crippen LogP contribution in [-0.4, -0.2) is 18.7 Å². The van der Waals surface area contributed by atoms with Crippen LogP contribution < -0.4 is 4.74 Å². The van der Waals surface area contributed by atoms with Gasteiger partial charge in [-0.05, 0) is 67.2 Å². The second-order valence-electron chi connectivity index (χ2n) is 6.96. The van der Waals surface area contributed by atoms with Crippen LogP contribution in [0.4, 0.5) is 13.2 Å². The van der Waals surface area contributed by atoms with Crippen LogP contribution in [-0.2, 0) is 15.7 Å². The van der Waals surface area contributed by atoms with Gasteiger partial charge in [-0.2, -0.15) is 13.2 Å². The van der Waals surface area contributed by atoms with Crippen molar-refractivity contribution in [1.29, 1.82) is 0 Å². The lowest BCUT2D eigenvalue weighted by molar-refractivity contribution is -0.138. The first-order valence-electron chi connectivity index (χ1n) is 9.86. The normalized spacial score (nSPS) is 15.1. The number of allylic oxidation sites excluding steroid dienone is 2. The molecule has 3 rings (SSSR count). The van der Waals surface area contributed by atoms with E-state index in [9.17, 15) is 18.0 Å². The number of hydrogen-bond acceptors (Lipinski definition) is 3. The Kier molecular flexibility index (Phi) is 6.98. The van der Waals surface area contributed by atoms with E-state index in [4.69, 9.17) is 9.47 Å². The summed E-state index contributed by atoms with van der Waals surface area (Å²) in [6.07, 6.45) is 3.64. The van der Waals surface area contributed by atoms with Gasteiger partial charge in [-0.15, -0.1) is 0 Å². The van der Waals surface area contributed by atoms with E-state index in [1.165, 1.54) is 30.7 Å². The average molecular weight is 416 g/mol. The van der Waals surface area contributed by atoms with Gasteiger partial charge in [0.2, 0.25) is 0 Å². The standard InChI is InChI=1S/C24H23F3O3/c1-2-29-23(28)8-4-7-22(17-9-13-19(14-10-17)24(25,26)27)18-11-15-21(16-12-18)30-20-5-3-6-20/h4,7-16,20H,2-3,5-6H2,1H3. The minimum Gasteiger partial charge on any atom is -0.490 e. The van der Waals surface area contributed by atoms with Crippen LogP contribution in [0.1, 0.15) is 42.9 Å². The van der Waals surface area contributed by atoms with Gasteiger partial charge in [0, 0.05) is 6.08 Å². The van der Waals surface area contributed by atoms with E-state index in [2.05, 4.69) is 0 Å². The Labute approximate surface area is 173 Å². The summed E-state index contributed by atoms with van der Waals surface area (Å²) in [5.41, 5.74) is 1.37. The monoisotopic (exact) mass is 416 g/mol. The van der Waals surface area contributed by atoms with E-state index < -0.39 is 17.7 Å². The number of hydrogen-bond donors (Lipinski definition) is 0. The van der Waals surface area contributed by atoms with Crippen LogP contribution >= 0.6 is 0 Å². The van der Waals surface area contributed by atoms with Crippen molar-refractivity contribution in [2.75, 3.05) is 6.61 Å². The van der Waals surface area contributed by atoms with Crippen molar-refractivity contribution in [3.05, 3.63) is 83.4 Å². The Morgan fingerprint density at radius 1 is 1.03 bits per heavy atom. The van der Waals surface area contributed by atoms with Crippen LogP contribution in [0.2, 0.25) is 0 Å². The van der Waals surface area contributed by atoms with E-state index in [1.807, 2.05) is 24.3 Å². The van der Waals surface area contributed by atoms with Crippen molar-refractivity contribution in [2.45, 2.75) is 38.5 Å². The highest BCUT2D eigenvalue weighted by Crippen LogP contribution is 2.32. The summed E-state index contributed by atoms with van der Waals surface area (Å²) in [6.45, 7) is 1.98. The van der Waals surface area contributed by atoms with Crippen LogP contribution in [0.5, 0.6) is 5.75 Å². The van der Waals surface area contributed by atoms with Crippen molar-refractivity contribution in [1.82, 2.24) is 0 Å². The van der Waals surface area contributed by atoms with E-state index in [0.717, 1.165) is 36.3 Å². The van der Waals surface area contributed by atoms with Gasteiger partial charge in [0.25, 0.3) is 0 Å². The third kappa shape index (κ3) is 5.75. The molecule has 0 aromatic heterocycles. The summed E-state index contributed by atoms with van der Waals surface area (Å²) in [5.74, 6) is 0.280. The molecule has 30 heavy (non-hydrogen) atoms. The zero-order chi connectivity index (χ0) is 21.6. The topological polar surface area (TPSA) is 35.5 Å². The maximum Gasteiger partial charge on any atom is 0.416 e. The molecule has 0 radical (unpaired) electrons. The number of ether oxygens (including phenoxy) is 2. The number of alkyl halides is 3. The summed E-state index contributed by atoms with van der Waals surface area (Å²) < 4.78 is 49.4. The molecule has 0 aliphatic heterocycles. The molecule has 0 bridgehead atoms. The highest BCUT2D eigenvalue weighted by Gasteiger charge is 2.30. The third-order valence-corrected chi connectivity index (χ3v) is 4.83. The third-order valence-electron chi connectivity index (χ3n) is 4.83. The predicted molar refractivity (Wildman–Crippen MR) is 109 cm³/mol. The summed E-state index contributed by atoms with van der Waals surface area (Å²) in [7, 11) is 0. The van der Waals surface area contributed by atoms with Crippen molar-refractivity contribution in [2.24, 2.45) is 0 Å². The highest BCUT2D eigenvalue weighted by molar-refractivity contribution is 5.85. The van der Waals surface area contributed by atoms with E-state index in [-0.39, 0.29) is 12.7 Å². The number of benzene rings is 2. The fraction of sp³-hybridized carbons (Fsp3) is 0.292. The second kappa shape index (κ2) is 9.65. The fourth-order valence-electron chi connectivity index (χ4n) is 3.01. The molecule has 2 aromatic rings. The van der Waals surface area contributed by atoms with Crippen LogP contribution in [0.25, 0.3) is 5.57 Å². The fourth-order valence-corrected chi connectivity index (χ4v) is 3.01. The molecule has 0 N–H and O–H groups in total. The molecule has 0 atom stereocenters. The van der Waals surface area contributed by atoms with Crippen molar-refractivity contribution in [3.63, 3.8) is 0 Å². The van der Waals surface area contributed by atoms with Gasteiger partial charge >= 0.3 is 12.1 Å². The first-order valence-corrected chi connectivity index (χ1v) is 9.86. The molecule has 0 amide bonds. The Bertz CT molecular complexity index is 906. The van der Waals surface area contributed by atoms with Crippen LogP contribution in [0.3, 0.4) is 0 Å². The number of halogens is 3. The SMILES string of the molecule is CCOC(=O)C=CC=C(c1ccc(OC2CCC2)cc1)c1ccc(C(F)(F)F)cc1. The second-order valence-corrected chi connectivity index (χ2v) is 6.96. The van der Waals surface area contributed by atoms with Gasteiger partial charge in [-0.3, -0.25) is 0 Å². The molecule has 0 heterocycles. The lowest BCUT2D eigenvalue weighted by Crippen LogP contribution is -2.24. The van der Waals surface area contributed by atoms with Crippen molar-refractivity contribution < 1.29 is 27.4 Å². The van der Waals surface area contributed by atoms with Crippen molar-refractivity contribution >= 4 is 11.5 Å². The van der Waals surface area contributed by atoms with Gasteiger partial charge in [-0.25, -0.2) is 4.79 Å². The maximum atomic E-state index is 12.9. The van der Waals surface area contributed by atoms with Gasteiger partial charge < -0.3 is 9.47 Å². The van der Waals surface area contributed by atoms with Gasteiger partial charge in [0.1, 0.15) is 5.75 Å². The molecule has 2 aromatic carbocycles. The average Bonchev–Trinajstić information content (AvgIpc) is 2.68. The number of rotatable bonds is 7. The molecule has 1 aliphatic carbocycles. The molecular weight excluding hydrogens is 393 g/mol. The molecular formula is C24H23F3O3. The Balaban J connectivity index is 1.87. The summed E-state index contributed by atoms with van der Waals surface area (Å²) in [5, 5.41) is 0. The lowest BCUT2D eigenvalue weighted by Gasteiger charge is -2.26. The molecule has 0 unspecified atom stereocenters. The molecule has 1 aliphatic rings. The Hall–Kier alpha value is -3.02. The molecule has 0 spiro atoms. The van der Waals surface area contributed by atoms with E-state index in [1.54, 1.807) is 13.0 Å². The summed E-state index contributed by atoms with van der Waals surface area (Å²) >= 11 is 0. The van der Waals surface area contributed by atoms with E-state index in [0.29, 0.717) is 11.1 Å². The van der Waals surface area contributed by atoms with Gasteiger partial charge in [0.15, 0.2) is 0 Å². The van der Waals surface area contributed by atoms with E-state index >= 15 is 0 Å². The minimum absolute atomic E-state index is 0.258. The molecule has 1 fully saturated rings. The summed E-state index contributed by atoms with van der Waals surface area (Å²) in [6, 6.07) is 12.3. The van der Waals surface area contributed by atoms with Gasteiger partial charge in [-0.1, -0.05) is 36.4 Å². The first kappa shape index (κ1) is 21.7. The molecule has 6 heteroatoms. The smallest absolute Gasteiger partial charge is 0.416 e. The molecule has 158 valence electrons. The summed E-state index contributed by atoms with van der Waals surface area (Å²) in [4.78, 5) is 11.6. The largest absolute Gasteiger partial charge is 0.490 e. The number of esters is 1. The predicted octanol–water partition coefficient (Wildman–Crippen LogP) is 6.19. The van der Waals surface area contributed by atoms with Crippen molar-refractivity contribution in [3.8, 4) is 5.75 Å². The van der Waals surface area contributed by atoms with Gasteiger partial charge in [0.05, 0.1) is 18.3 Å². The zero-order valence-electron chi connectivity index (χ0n) is 16.6. The Morgan fingerprint density at radius 2 is 1.63 bits per heavy atom.